The van der Waals surface area contributed by atoms with Crippen LogP contribution in [-0.4, -0.2) is 17.4 Å². The standard InChI is InChI=1S/C14H12N4O2S/c15-10-5-7-11(8-6-10)21(19,20)18-13-4-2-1-3-12(13)17-9-14(18)16/h1-9,16H,15H2. The third-order valence-electron chi connectivity index (χ3n) is 3.06. The highest BCUT2D eigenvalue weighted by molar-refractivity contribution is 7.90. The van der Waals surface area contributed by atoms with Gasteiger partial charge in [-0.15, -0.1) is 0 Å². The van der Waals surface area contributed by atoms with Gasteiger partial charge in [-0.25, -0.2) is 12.4 Å². The van der Waals surface area contributed by atoms with E-state index in [0.29, 0.717) is 16.7 Å². The summed E-state index contributed by atoms with van der Waals surface area (Å²) in [4.78, 5) is 4.15. The van der Waals surface area contributed by atoms with Crippen LogP contribution in [-0.2, 0) is 10.0 Å². The van der Waals surface area contributed by atoms with Gasteiger partial charge in [-0.05, 0) is 36.4 Å². The lowest BCUT2D eigenvalue weighted by Crippen LogP contribution is -2.28. The Kier molecular flexibility index (Phi) is 2.99. The fourth-order valence-electron chi connectivity index (χ4n) is 2.06. The van der Waals surface area contributed by atoms with Crippen LogP contribution < -0.4 is 11.2 Å². The Labute approximate surface area is 121 Å². The molecule has 0 spiro atoms. The van der Waals surface area contributed by atoms with E-state index in [2.05, 4.69) is 4.98 Å². The molecule has 0 aliphatic rings. The number of fused-ring (bicyclic) bond motifs is 1. The zero-order chi connectivity index (χ0) is 15.0. The SMILES string of the molecule is N=c1cnc2ccccc2n1S(=O)(=O)c1ccc(N)cc1. The van der Waals surface area contributed by atoms with Crippen molar-refractivity contribution in [2.75, 3.05) is 5.73 Å². The number of benzene rings is 2. The largest absolute Gasteiger partial charge is 0.399 e. The van der Waals surface area contributed by atoms with Gasteiger partial charge in [0.05, 0.1) is 22.1 Å². The molecule has 0 fully saturated rings. The summed E-state index contributed by atoms with van der Waals surface area (Å²) in [6.45, 7) is 0. The molecule has 0 aliphatic carbocycles. The van der Waals surface area contributed by atoms with Gasteiger partial charge in [0, 0.05) is 5.69 Å². The van der Waals surface area contributed by atoms with Gasteiger partial charge in [-0.2, -0.15) is 0 Å². The van der Waals surface area contributed by atoms with E-state index in [1.807, 2.05) is 0 Å². The van der Waals surface area contributed by atoms with Crippen LogP contribution in [0, 0.1) is 5.41 Å². The number of nitrogen functional groups attached to an aromatic ring is 1. The molecule has 2 aromatic carbocycles. The molecule has 0 radical (unpaired) electrons. The summed E-state index contributed by atoms with van der Waals surface area (Å²) in [6.07, 6.45) is 1.22. The first-order valence-electron chi connectivity index (χ1n) is 6.13. The molecular formula is C14H12N4O2S. The molecule has 0 aliphatic heterocycles. The first kappa shape index (κ1) is 13.3. The van der Waals surface area contributed by atoms with Crippen molar-refractivity contribution < 1.29 is 8.42 Å². The van der Waals surface area contributed by atoms with Crippen molar-refractivity contribution in [1.29, 1.82) is 5.41 Å². The number of hydrogen-bond acceptors (Lipinski definition) is 5. The van der Waals surface area contributed by atoms with Crippen LogP contribution in [0.5, 0.6) is 0 Å². The summed E-state index contributed by atoms with van der Waals surface area (Å²) < 4.78 is 26.5. The molecule has 106 valence electrons. The van der Waals surface area contributed by atoms with Gasteiger partial charge in [-0.3, -0.25) is 10.4 Å². The van der Waals surface area contributed by atoms with Gasteiger partial charge in [0.15, 0.2) is 5.49 Å². The van der Waals surface area contributed by atoms with E-state index in [9.17, 15) is 8.42 Å². The monoisotopic (exact) mass is 300 g/mol. The molecule has 1 aromatic heterocycles. The molecule has 0 saturated heterocycles. The van der Waals surface area contributed by atoms with Crippen molar-refractivity contribution in [2.24, 2.45) is 0 Å². The lowest BCUT2D eigenvalue weighted by Gasteiger charge is -2.11. The number of rotatable bonds is 2. The fraction of sp³-hybridized carbons (Fsp3) is 0. The van der Waals surface area contributed by atoms with E-state index in [-0.39, 0.29) is 10.4 Å². The van der Waals surface area contributed by atoms with Crippen LogP contribution in [0.1, 0.15) is 0 Å². The molecule has 6 nitrogen and oxygen atoms in total. The summed E-state index contributed by atoms with van der Waals surface area (Å²) in [7, 11) is -3.88. The Bertz CT molecular complexity index is 976. The second-order valence-electron chi connectivity index (χ2n) is 4.47. The highest BCUT2D eigenvalue weighted by Crippen LogP contribution is 2.18. The Hall–Kier alpha value is -2.67. The van der Waals surface area contributed by atoms with Gasteiger partial charge in [-0.1, -0.05) is 12.1 Å². The molecule has 3 aromatic rings. The second kappa shape index (κ2) is 4.71. The van der Waals surface area contributed by atoms with E-state index in [1.54, 1.807) is 24.3 Å². The van der Waals surface area contributed by atoms with Crippen LogP contribution in [0.4, 0.5) is 5.69 Å². The minimum absolute atomic E-state index is 0.0755. The third kappa shape index (κ3) is 2.17. The average molecular weight is 300 g/mol. The molecule has 21 heavy (non-hydrogen) atoms. The number of hydrogen-bond donors (Lipinski definition) is 2. The lowest BCUT2D eigenvalue weighted by molar-refractivity contribution is 0.586. The number of nitrogens with two attached hydrogens (primary N) is 1. The minimum atomic E-state index is -3.88. The van der Waals surface area contributed by atoms with E-state index >= 15 is 0 Å². The topological polar surface area (TPSA) is 102 Å². The quantitative estimate of drug-likeness (QED) is 0.697. The third-order valence-corrected chi connectivity index (χ3v) is 4.81. The second-order valence-corrected chi connectivity index (χ2v) is 6.26. The number of nitrogens with zero attached hydrogens (tertiary/aromatic N) is 2. The maximum atomic E-state index is 12.8. The van der Waals surface area contributed by atoms with Crippen molar-refractivity contribution in [2.45, 2.75) is 4.90 Å². The van der Waals surface area contributed by atoms with Crippen LogP contribution >= 0.6 is 0 Å². The summed E-state index contributed by atoms with van der Waals surface area (Å²) >= 11 is 0. The van der Waals surface area contributed by atoms with Crippen LogP contribution in [0.15, 0.2) is 59.6 Å². The van der Waals surface area contributed by atoms with Gasteiger partial charge < -0.3 is 5.73 Å². The van der Waals surface area contributed by atoms with Crippen LogP contribution in [0.2, 0.25) is 0 Å². The van der Waals surface area contributed by atoms with Gasteiger partial charge >= 0.3 is 0 Å². The van der Waals surface area contributed by atoms with Gasteiger partial charge in [0.25, 0.3) is 10.0 Å². The van der Waals surface area contributed by atoms with Crippen molar-refractivity contribution in [3.05, 3.63) is 60.2 Å². The van der Waals surface area contributed by atoms with E-state index in [4.69, 9.17) is 11.1 Å². The Balaban J connectivity index is 2.36. The summed E-state index contributed by atoms with van der Waals surface area (Å²) in [5.41, 5.74) is 6.72. The number of aromatic nitrogens is 2. The van der Waals surface area contributed by atoms with Crippen molar-refractivity contribution in [3.8, 4) is 0 Å². The molecule has 1 heterocycles. The summed E-state index contributed by atoms with van der Waals surface area (Å²) in [5.74, 6) is 0. The molecule has 0 atom stereocenters. The Morgan fingerprint density at radius 3 is 2.43 bits per heavy atom. The molecule has 0 unspecified atom stereocenters. The average Bonchev–Trinajstić information content (AvgIpc) is 2.47. The van der Waals surface area contributed by atoms with Crippen LogP contribution in [0.3, 0.4) is 0 Å². The molecule has 0 amide bonds. The highest BCUT2D eigenvalue weighted by Gasteiger charge is 2.19. The number of nitrogens with one attached hydrogen (secondary N) is 1. The first-order chi connectivity index (χ1) is 10.00. The predicted molar refractivity (Wildman–Crippen MR) is 79.0 cm³/mol. The fourth-order valence-corrected chi connectivity index (χ4v) is 3.47. The van der Waals surface area contributed by atoms with Crippen molar-refractivity contribution >= 4 is 26.7 Å². The first-order valence-corrected chi connectivity index (χ1v) is 7.57. The Morgan fingerprint density at radius 2 is 1.71 bits per heavy atom. The lowest BCUT2D eigenvalue weighted by atomic mass is 10.3. The molecule has 0 bridgehead atoms. The van der Waals surface area contributed by atoms with Crippen molar-refractivity contribution in [1.82, 2.24) is 8.96 Å². The normalized spacial score (nSPS) is 11.6. The molecule has 0 saturated carbocycles. The molecule has 3 rings (SSSR count). The maximum absolute atomic E-state index is 12.8. The number of anilines is 1. The van der Waals surface area contributed by atoms with E-state index in [0.717, 1.165) is 3.97 Å². The van der Waals surface area contributed by atoms with E-state index < -0.39 is 10.0 Å². The van der Waals surface area contributed by atoms with Gasteiger partial charge in [0.1, 0.15) is 0 Å². The molecule has 3 N–H and O–H groups in total. The zero-order valence-electron chi connectivity index (χ0n) is 10.9. The van der Waals surface area contributed by atoms with Crippen LogP contribution in [0.25, 0.3) is 11.0 Å². The van der Waals surface area contributed by atoms with Gasteiger partial charge in [0.2, 0.25) is 0 Å². The Morgan fingerprint density at radius 1 is 1.05 bits per heavy atom. The predicted octanol–water partition coefficient (Wildman–Crippen LogP) is 1.33. The highest BCUT2D eigenvalue weighted by atomic mass is 32.2. The number of para-hydroxylation sites is 2. The summed E-state index contributed by atoms with van der Waals surface area (Å²) in [6, 6.07) is 12.7. The van der Waals surface area contributed by atoms with Crippen molar-refractivity contribution in [3.63, 3.8) is 0 Å². The molecule has 7 heteroatoms. The van der Waals surface area contributed by atoms with E-state index in [1.165, 1.54) is 30.5 Å². The smallest absolute Gasteiger partial charge is 0.269 e. The zero-order valence-corrected chi connectivity index (χ0v) is 11.7. The summed E-state index contributed by atoms with van der Waals surface area (Å²) in [5, 5.41) is 7.90. The molecular weight excluding hydrogens is 288 g/mol. The minimum Gasteiger partial charge on any atom is -0.399 e. The maximum Gasteiger partial charge on any atom is 0.269 e.